The highest BCUT2D eigenvalue weighted by Crippen LogP contribution is 2.33. The lowest BCUT2D eigenvalue weighted by Gasteiger charge is -2.41. The van der Waals surface area contributed by atoms with Crippen LogP contribution in [-0.2, 0) is 0 Å². The van der Waals surface area contributed by atoms with E-state index in [0.717, 1.165) is 12.8 Å². The highest BCUT2D eigenvalue weighted by atomic mass is 16.2. The minimum Gasteiger partial charge on any atom is -0.396 e. The number of aliphatic hydroxyl groups is 1. The molecule has 0 aliphatic heterocycles. The van der Waals surface area contributed by atoms with Gasteiger partial charge in [-0.05, 0) is 43.7 Å². The molecule has 0 spiro atoms. The fourth-order valence-electron chi connectivity index (χ4n) is 2.69. The lowest BCUT2D eigenvalue weighted by Crippen LogP contribution is -2.44. The molecule has 0 aliphatic rings. The van der Waals surface area contributed by atoms with Gasteiger partial charge in [0.05, 0.1) is 0 Å². The molecular formula is C17H37NO. The Labute approximate surface area is 121 Å². The van der Waals surface area contributed by atoms with E-state index < -0.39 is 0 Å². The molecule has 0 aromatic rings. The van der Waals surface area contributed by atoms with Crippen LogP contribution in [0.1, 0.15) is 73.6 Å². The molecule has 0 aromatic carbocycles. The van der Waals surface area contributed by atoms with Crippen molar-refractivity contribution in [2.45, 2.75) is 79.7 Å². The highest BCUT2D eigenvalue weighted by Gasteiger charge is 2.31. The van der Waals surface area contributed by atoms with Crippen LogP contribution in [0.5, 0.6) is 0 Å². The molecule has 1 atom stereocenters. The van der Waals surface area contributed by atoms with Crippen LogP contribution in [0.3, 0.4) is 0 Å². The smallest absolute Gasteiger partial charge is 0.0431 e. The average Bonchev–Trinajstić information content (AvgIpc) is 2.22. The van der Waals surface area contributed by atoms with Crippen molar-refractivity contribution in [3.8, 4) is 0 Å². The van der Waals surface area contributed by atoms with Gasteiger partial charge in [-0.25, -0.2) is 0 Å². The molecule has 0 rings (SSSR count). The van der Waals surface area contributed by atoms with Crippen molar-refractivity contribution in [1.29, 1.82) is 0 Å². The minimum atomic E-state index is 0.327. The molecule has 1 unspecified atom stereocenters. The van der Waals surface area contributed by atoms with Gasteiger partial charge in [0.15, 0.2) is 0 Å². The number of hydrogen-bond acceptors (Lipinski definition) is 2. The molecule has 0 aliphatic carbocycles. The van der Waals surface area contributed by atoms with E-state index in [4.69, 9.17) is 5.11 Å². The quantitative estimate of drug-likeness (QED) is 0.665. The van der Waals surface area contributed by atoms with Crippen LogP contribution in [0.15, 0.2) is 0 Å². The summed E-state index contributed by atoms with van der Waals surface area (Å²) in [5.41, 5.74) is 0.705. The van der Waals surface area contributed by atoms with E-state index in [1.165, 1.54) is 25.8 Å². The Bertz CT molecular complexity index is 224. The molecule has 1 N–H and O–H groups in total. The van der Waals surface area contributed by atoms with Crippen molar-refractivity contribution in [1.82, 2.24) is 4.90 Å². The summed E-state index contributed by atoms with van der Waals surface area (Å²) < 4.78 is 0. The maximum atomic E-state index is 8.79. The number of rotatable bonds is 8. The van der Waals surface area contributed by atoms with E-state index in [1.807, 2.05) is 0 Å². The van der Waals surface area contributed by atoms with Crippen LogP contribution in [0.25, 0.3) is 0 Å². The lowest BCUT2D eigenvalue weighted by atomic mass is 9.76. The first kappa shape index (κ1) is 18.9. The monoisotopic (exact) mass is 271 g/mol. The van der Waals surface area contributed by atoms with E-state index >= 15 is 0 Å². The Morgan fingerprint density at radius 1 is 0.895 bits per heavy atom. The number of hydrogen-bond donors (Lipinski definition) is 1. The molecular weight excluding hydrogens is 234 g/mol. The van der Waals surface area contributed by atoms with Crippen LogP contribution in [0.4, 0.5) is 0 Å². The van der Waals surface area contributed by atoms with E-state index in [-0.39, 0.29) is 0 Å². The molecule has 116 valence electrons. The maximum Gasteiger partial charge on any atom is 0.0431 e. The number of unbranched alkanes of at least 4 members (excludes halogenated alkanes) is 3. The van der Waals surface area contributed by atoms with Crippen molar-refractivity contribution in [2.24, 2.45) is 10.8 Å². The average molecular weight is 271 g/mol. The zero-order chi connectivity index (χ0) is 15.1. The second-order valence-corrected chi connectivity index (χ2v) is 8.27. The van der Waals surface area contributed by atoms with Crippen molar-refractivity contribution in [2.75, 3.05) is 20.2 Å². The first-order valence-corrected chi connectivity index (χ1v) is 7.89. The zero-order valence-corrected chi connectivity index (χ0v) is 14.4. The third-order valence-corrected chi connectivity index (χ3v) is 3.76. The molecule has 0 saturated carbocycles. The van der Waals surface area contributed by atoms with Gasteiger partial charge in [0.2, 0.25) is 0 Å². The van der Waals surface area contributed by atoms with Crippen molar-refractivity contribution >= 4 is 0 Å². The summed E-state index contributed by atoms with van der Waals surface area (Å²) in [6, 6.07) is 0.630. The predicted molar refractivity (Wildman–Crippen MR) is 85.5 cm³/mol. The minimum absolute atomic E-state index is 0.327. The second-order valence-electron chi connectivity index (χ2n) is 8.27. The molecule has 0 bridgehead atoms. The van der Waals surface area contributed by atoms with Gasteiger partial charge in [-0.15, -0.1) is 0 Å². The second kappa shape index (κ2) is 8.26. The number of aliphatic hydroxyl groups excluding tert-OH is 1. The summed E-state index contributed by atoms with van der Waals surface area (Å²) in [5, 5.41) is 8.79. The van der Waals surface area contributed by atoms with Crippen molar-refractivity contribution < 1.29 is 5.11 Å². The fourth-order valence-corrected chi connectivity index (χ4v) is 2.69. The van der Waals surface area contributed by atoms with Crippen LogP contribution in [0, 0.1) is 10.8 Å². The topological polar surface area (TPSA) is 23.5 Å². The SMILES string of the molecule is CN(CCCCCCO)C(CC(C)(C)C)C(C)(C)C. The van der Waals surface area contributed by atoms with Gasteiger partial charge in [0.25, 0.3) is 0 Å². The molecule has 0 radical (unpaired) electrons. The van der Waals surface area contributed by atoms with Gasteiger partial charge >= 0.3 is 0 Å². The van der Waals surface area contributed by atoms with Gasteiger partial charge in [-0.2, -0.15) is 0 Å². The standard InChI is InChI=1S/C17H37NO/c1-16(2,3)14-15(17(4,5)6)18(7)12-10-8-9-11-13-19/h15,19H,8-14H2,1-7H3. The molecule has 0 aromatic heterocycles. The lowest BCUT2D eigenvalue weighted by molar-refractivity contribution is 0.0833. The van der Waals surface area contributed by atoms with Gasteiger partial charge in [-0.3, -0.25) is 0 Å². The third-order valence-electron chi connectivity index (χ3n) is 3.76. The molecule has 2 heteroatoms. The Kier molecular flexibility index (Phi) is 8.23. The van der Waals surface area contributed by atoms with Gasteiger partial charge in [0.1, 0.15) is 0 Å². The largest absolute Gasteiger partial charge is 0.396 e. The summed E-state index contributed by atoms with van der Waals surface area (Å²) in [7, 11) is 2.27. The Balaban J connectivity index is 4.28. The normalized spacial score (nSPS) is 15.0. The molecule has 0 amide bonds. The Morgan fingerprint density at radius 3 is 1.84 bits per heavy atom. The van der Waals surface area contributed by atoms with Crippen molar-refractivity contribution in [3.63, 3.8) is 0 Å². The molecule has 0 fully saturated rings. The van der Waals surface area contributed by atoms with Crippen LogP contribution >= 0.6 is 0 Å². The van der Waals surface area contributed by atoms with Gasteiger partial charge in [0, 0.05) is 12.6 Å². The Hall–Kier alpha value is -0.0800. The van der Waals surface area contributed by atoms with Crippen LogP contribution in [-0.4, -0.2) is 36.2 Å². The summed E-state index contributed by atoms with van der Waals surface area (Å²) in [6.07, 6.45) is 5.83. The van der Waals surface area contributed by atoms with E-state index in [1.54, 1.807) is 0 Å². The zero-order valence-electron chi connectivity index (χ0n) is 14.4. The molecule has 2 nitrogen and oxygen atoms in total. The summed E-state index contributed by atoms with van der Waals surface area (Å²) in [5.74, 6) is 0. The van der Waals surface area contributed by atoms with E-state index in [9.17, 15) is 0 Å². The molecule has 0 heterocycles. The summed E-state index contributed by atoms with van der Waals surface area (Å²) >= 11 is 0. The van der Waals surface area contributed by atoms with Crippen molar-refractivity contribution in [3.05, 3.63) is 0 Å². The number of nitrogens with zero attached hydrogens (tertiary/aromatic N) is 1. The predicted octanol–water partition coefficient (Wildman–Crippen LogP) is 4.32. The first-order valence-electron chi connectivity index (χ1n) is 7.89. The highest BCUT2D eigenvalue weighted by molar-refractivity contribution is 4.85. The van der Waals surface area contributed by atoms with Gasteiger partial charge in [-0.1, -0.05) is 54.4 Å². The molecule has 19 heavy (non-hydrogen) atoms. The third kappa shape index (κ3) is 9.45. The summed E-state index contributed by atoms with van der Waals surface area (Å²) in [4.78, 5) is 2.55. The van der Waals surface area contributed by atoms with Crippen LogP contribution in [0.2, 0.25) is 0 Å². The fraction of sp³-hybridized carbons (Fsp3) is 1.00. The summed E-state index contributed by atoms with van der Waals surface area (Å²) in [6.45, 7) is 15.6. The molecule has 0 saturated heterocycles. The van der Waals surface area contributed by atoms with E-state index in [2.05, 4.69) is 53.5 Å². The van der Waals surface area contributed by atoms with E-state index in [0.29, 0.717) is 23.5 Å². The maximum absolute atomic E-state index is 8.79. The Morgan fingerprint density at radius 2 is 1.42 bits per heavy atom. The first-order chi connectivity index (χ1) is 8.58. The van der Waals surface area contributed by atoms with Crippen LogP contribution < -0.4 is 0 Å². The van der Waals surface area contributed by atoms with Gasteiger partial charge < -0.3 is 10.0 Å².